The predicted molar refractivity (Wildman–Crippen MR) is 73.0 cm³/mol. The molecule has 2 fully saturated rings. The Kier molecular flexibility index (Phi) is 2.97. The van der Waals surface area contributed by atoms with Gasteiger partial charge in [0, 0.05) is 5.69 Å². The van der Waals surface area contributed by atoms with Crippen molar-refractivity contribution in [2.75, 3.05) is 11.4 Å². The van der Waals surface area contributed by atoms with Crippen LogP contribution in [0.5, 0.6) is 0 Å². The molecule has 1 unspecified atom stereocenters. The summed E-state index contributed by atoms with van der Waals surface area (Å²) in [5.41, 5.74) is -0.418. The van der Waals surface area contributed by atoms with E-state index in [9.17, 15) is 14.0 Å². The molecule has 1 aliphatic carbocycles. The average molecular weight is 297 g/mol. The predicted octanol–water partition coefficient (Wildman–Crippen LogP) is 2.11. The molecule has 1 N–H and O–H groups in total. The van der Waals surface area contributed by atoms with E-state index in [1.165, 1.54) is 23.1 Å². The van der Waals surface area contributed by atoms with Crippen LogP contribution in [0.3, 0.4) is 0 Å². The molecule has 1 aromatic rings. The smallest absolute Gasteiger partial charge is 0.253 e. The van der Waals surface area contributed by atoms with Gasteiger partial charge in [-0.25, -0.2) is 4.39 Å². The van der Waals surface area contributed by atoms with Gasteiger partial charge in [-0.3, -0.25) is 9.59 Å². The molecular weight excluding hydrogens is 283 g/mol. The molecule has 1 saturated heterocycles. The molecular formula is C14H14ClFN2O2. The second-order valence-corrected chi connectivity index (χ2v) is 5.92. The third-order valence-electron chi connectivity index (χ3n) is 4.00. The van der Waals surface area contributed by atoms with Crippen LogP contribution in [-0.2, 0) is 9.59 Å². The highest BCUT2D eigenvalue weighted by Crippen LogP contribution is 2.42. The topological polar surface area (TPSA) is 49.4 Å². The van der Waals surface area contributed by atoms with E-state index < -0.39 is 11.4 Å². The lowest BCUT2D eigenvalue weighted by Crippen LogP contribution is -2.66. The third kappa shape index (κ3) is 2.06. The van der Waals surface area contributed by atoms with Gasteiger partial charge in [0.15, 0.2) is 0 Å². The number of carbonyl (C=O) groups is 2. The number of hydrogen-bond donors (Lipinski definition) is 1. The largest absolute Gasteiger partial charge is 0.340 e. The van der Waals surface area contributed by atoms with E-state index in [2.05, 4.69) is 5.32 Å². The summed E-state index contributed by atoms with van der Waals surface area (Å²) in [6.45, 7) is 1.69. The Morgan fingerprint density at radius 1 is 1.40 bits per heavy atom. The van der Waals surface area contributed by atoms with Crippen LogP contribution in [0.15, 0.2) is 18.2 Å². The van der Waals surface area contributed by atoms with Gasteiger partial charge < -0.3 is 10.2 Å². The van der Waals surface area contributed by atoms with Gasteiger partial charge in [-0.05, 0) is 43.9 Å². The van der Waals surface area contributed by atoms with Crippen molar-refractivity contribution in [3.8, 4) is 0 Å². The first-order valence-electron chi connectivity index (χ1n) is 6.50. The van der Waals surface area contributed by atoms with Crippen molar-refractivity contribution in [2.24, 2.45) is 5.92 Å². The number of benzene rings is 1. The number of nitrogens with one attached hydrogen (secondary N) is 1. The van der Waals surface area contributed by atoms with Gasteiger partial charge in [-0.15, -0.1) is 0 Å². The van der Waals surface area contributed by atoms with Crippen molar-refractivity contribution in [1.29, 1.82) is 0 Å². The van der Waals surface area contributed by atoms with Gasteiger partial charge in [0.1, 0.15) is 17.9 Å². The van der Waals surface area contributed by atoms with Crippen LogP contribution in [0.1, 0.15) is 19.8 Å². The highest BCUT2D eigenvalue weighted by molar-refractivity contribution is 6.31. The highest BCUT2D eigenvalue weighted by atomic mass is 35.5. The lowest BCUT2D eigenvalue weighted by atomic mass is 9.91. The maximum Gasteiger partial charge on any atom is 0.253 e. The van der Waals surface area contributed by atoms with Crippen LogP contribution >= 0.6 is 11.6 Å². The highest BCUT2D eigenvalue weighted by Gasteiger charge is 2.52. The third-order valence-corrected chi connectivity index (χ3v) is 4.29. The van der Waals surface area contributed by atoms with E-state index in [0.29, 0.717) is 5.69 Å². The van der Waals surface area contributed by atoms with Gasteiger partial charge in [0.2, 0.25) is 5.91 Å². The molecule has 2 amide bonds. The van der Waals surface area contributed by atoms with E-state index in [-0.39, 0.29) is 29.3 Å². The summed E-state index contributed by atoms with van der Waals surface area (Å²) in [5, 5.41) is 2.73. The number of carbonyl (C=O) groups excluding carboxylic acids is 2. The minimum absolute atomic E-state index is 0.0607. The first-order chi connectivity index (χ1) is 9.41. The normalized spacial score (nSPS) is 26.6. The molecule has 1 heterocycles. The van der Waals surface area contributed by atoms with Gasteiger partial charge in [0.05, 0.1) is 5.02 Å². The second kappa shape index (κ2) is 4.45. The summed E-state index contributed by atoms with van der Waals surface area (Å²) in [4.78, 5) is 25.9. The fourth-order valence-corrected chi connectivity index (χ4v) is 2.85. The molecule has 106 valence electrons. The van der Waals surface area contributed by atoms with Crippen LogP contribution in [0.25, 0.3) is 0 Å². The molecule has 1 atom stereocenters. The zero-order valence-electron chi connectivity index (χ0n) is 11.0. The molecule has 2 aliphatic rings. The van der Waals surface area contributed by atoms with Crippen LogP contribution in [0.4, 0.5) is 10.1 Å². The first kappa shape index (κ1) is 13.4. The Morgan fingerprint density at radius 3 is 2.70 bits per heavy atom. The first-order valence-corrected chi connectivity index (χ1v) is 6.87. The molecule has 20 heavy (non-hydrogen) atoms. The van der Waals surface area contributed by atoms with Crippen molar-refractivity contribution in [1.82, 2.24) is 5.32 Å². The average Bonchev–Trinajstić information content (AvgIpc) is 3.22. The maximum atomic E-state index is 13.2. The van der Waals surface area contributed by atoms with Crippen molar-refractivity contribution < 1.29 is 14.0 Å². The summed E-state index contributed by atoms with van der Waals surface area (Å²) in [7, 11) is 0. The van der Waals surface area contributed by atoms with Gasteiger partial charge in [0.25, 0.3) is 5.91 Å². The molecule has 0 bridgehead atoms. The molecule has 1 aromatic carbocycles. The SMILES string of the molecule is CC1(C2CC2)NC(=O)CN(c2ccc(F)c(Cl)c2)C1=O. The Labute approximate surface area is 120 Å². The van der Waals surface area contributed by atoms with E-state index in [1.54, 1.807) is 6.92 Å². The minimum Gasteiger partial charge on any atom is -0.340 e. The summed E-state index contributed by atoms with van der Waals surface area (Å²) < 4.78 is 13.2. The molecule has 6 heteroatoms. The molecule has 1 saturated carbocycles. The molecule has 3 rings (SSSR count). The monoisotopic (exact) mass is 296 g/mol. The number of halogens is 2. The summed E-state index contributed by atoms with van der Waals surface area (Å²) in [5.74, 6) is -0.742. The van der Waals surface area contributed by atoms with E-state index in [1.807, 2.05) is 0 Å². The molecule has 1 aliphatic heterocycles. The van der Waals surface area contributed by atoms with Crippen molar-refractivity contribution in [2.45, 2.75) is 25.3 Å². The fourth-order valence-electron chi connectivity index (χ4n) is 2.68. The number of amides is 2. The quantitative estimate of drug-likeness (QED) is 0.909. The Morgan fingerprint density at radius 2 is 2.10 bits per heavy atom. The van der Waals surface area contributed by atoms with Crippen molar-refractivity contribution in [3.63, 3.8) is 0 Å². The Bertz CT molecular complexity index is 603. The van der Waals surface area contributed by atoms with Gasteiger partial charge in [-0.1, -0.05) is 11.6 Å². The van der Waals surface area contributed by atoms with Crippen molar-refractivity contribution in [3.05, 3.63) is 29.0 Å². The Balaban J connectivity index is 1.97. The molecule has 0 aromatic heterocycles. The van der Waals surface area contributed by atoms with Crippen LogP contribution < -0.4 is 10.2 Å². The zero-order valence-corrected chi connectivity index (χ0v) is 11.7. The maximum absolute atomic E-state index is 13.2. The number of hydrogen-bond acceptors (Lipinski definition) is 2. The Hall–Kier alpha value is -1.62. The van der Waals surface area contributed by atoms with Crippen molar-refractivity contribution >= 4 is 29.1 Å². The number of rotatable bonds is 2. The van der Waals surface area contributed by atoms with E-state index >= 15 is 0 Å². The molecule has 0 spiro atoms. The summed E-state index contributed by atoms with van der Waals surface area (Å²) in [6, 6.07) is 4.04. The summed E-state index contributed by atoms with van der Waals surface area (Å²) in [6.07, 6.45) is 1.86. The number of piperazine rings is 1. The lowest BCUT2D eigenvalue weighted by molar-refractivity contribution is -0.136. The van der Waals surface area contributed by atoms with Gasteiger partial charge >= 0.3 is 0 Å². The van der Waals surface area contributed by atoms with Gasteiger partial charge in [-0.2, -0.15) is 0 Å². The second-order valence-electron chi connectivity index (χ2n) is 5.51. The molecule has 0 radical (unpaired) electrons. The standard InChI is InChI=1S/C14H14ClFN2O2/c1-14(8-2-3-8)13(20)18(7-12(19)17-14)9-4-5-11(16)10(15)6-9/h4-6,8H,2-3,7H2,1H3,(H,17,19). The van der Waals surface area contributed by atoms with E-state index in [0.717, 1.165) is 12.8 Å². The summed E-state index contributed by atoms with van der Waals surface area (Å²) >= 11 is 5.75. The number of nitrogens with zero attached hydrogens (tertiary/aromatic N) is 1. The van der Waals surface area contributed by atoms with E-state index in [4.69, 9.17) is 11.6 Å². The molecule has 4 nitrogen and oxygen atoms in total. The fraction of sp³-hybridized carbons (Fsp3) is 0.429. The number of anilines is 1. The van der Waals surface area contributed by atoms with Crippen LogP contribution in [-0.4, -0.2) is 23.9 Å². The zero-order chi connectivity index (χ0) is 14.5. The van der Waals surface area contributed by atoms with Crippen LogP contribution in [0.2, 0.25) is 5.02 Å². The van der Waals surface area contributed by atoms with Crippen LogP contribution in [0, 0.1) is 11.7 Å². The minimum atomic E-state index is -0.865. The lowest BCUT2D eigenvalue weighted by Gasteiger charge is -2.40.